The van der Waals surface area contributed by atoms with Crippen molar-refractivity contribution in [2.24, 2.45) is 5.10 Å². The molecule has 0 saturated carbocycles. The summed E-state index contributed by atoms with van der Waals surface area (Å²) in [6.45, 7) is 1.94. The summed E-state index contributed by atoms with van der Waals surface area (Å²) in [5.74, 6) is -0.0732. The van der Waals surface area contributed by atoms with Gasteiger partial charge < -0.3 is 5.43 Å². The summed E-state index contributed by atoms with van der Waals surface area (Å²) in [7, 11) is 0. The molecule has 28 heavy (non-hydrogen) atoms. The van der Waals surface area contributed by atoms with Crippen LogP contribution in [0.5, 0.6) is 0 Å². The smallest absolute Gasteiger partial charge is 0.252 e. The summed E-state index contributed by atoms with van der Waals surface area (Å²) in [5, 5.41) is 4.96. The van der Waals surface area contributed by atoms with Crippen molar-refractivity contribution in [2.75, 3.05) is 11.4 Å². The molecule has 0 unspecified atom stereocenters. The number of carbonyl (C=O) groups is 1. The molecule has 0 atom stereocenters. The molecule has 1 amide bonds. The standard InChI is InChI=1S/C22H18ClN3OS/c1-15(16-8-2-3-9-17(16)23)25-24-14-22(27)26-18-10-4-6-12-20(18)28-21-13-7-5-11-19(21)26/h2-13,24H,14H2,1H3/b25-15+. The predicted octanol–water partition coefficient (Wildman–Crippen LogP) is 5.48. The minimum atomic E-state index is -0.0732. The van der Waals surface area contributed by atoms with E-state index in [2.05, 4.69) is 10.5 Å². The van der Waals surface area contributed by atoms with Crippen molar-refractivity contribution in [1.29, 1.82) is 0 Å². The second-order valence-electron chi connectivity index (χ2n) is 6.28. The number of fused-ring (bicyclic) bond motifs is 2. The molecule has 1 aliphatic rings. The molecule has 0 spiro atoms. The number of hydrazone groups is 1. The number of anilines is 2. The quantitative estimate of drug-likeness (QED) is 0.460. The Bertz CT molecular complexity index is 1020. The van der Waals surface area contributed by atoms with Crippen LogP contribution in [-0.2, 0) is 4.79 Å². The largest absolute Gasteiger partial charge is 0.300 e. The van der Waals surface area contributed by atoms with Gasteiger partial charge in [-0.2, -0.15) is 5.10 Å². The number of carbonyl (C=O) groups excluding carboxylic acids is 1. The lowest BCUT2D eigenvalue weighted by Gasteiger charge is -2.30. The molecule has 4 rings (SSSR count). The molecule has 0 saturated heterocycles. The highest BCUT2D eigenvalue weighted by atomic mass is 35.5. The normalized spacial score (nSPS) is 12.9. The van der Waals surface area contributed by atoms with Crippen molar-refractivity contribution < 1.29 is 4.79 Å². The minimum Gasteiger partial charge on any atom is -0.300 e. The first-order valence-corrected chi connectivity index (χ1v) is 10.1. The fourth-order valence-corrected chi connectivity index (χ4v) is 4.42. The molecule has 0 fully saturated rings. The van der Waals surface area contributed by atoms with Crippen LogP contribution in [-0.4, -0.2) is 18.2 Å². The van der Waals surface area contributed by atoms with E-state index >= 15 is 0 Å². The van der Waals surface area contributed by atoms with Gasteiger partial charge in [-0.15, -0.1) is 0 Å². The van der Waals surface area contributed by atoms with Gasteiger partial charge in [-0.25, -0.2) is 0 Å². The summed E-state index contributed by atoms with van der Waals surface area (Å²) in [6, 6.07) is 23.4. The third-order valence-corrected chi connectivity index (χ3v) is 5.88. The SMILES string of the molecule is C/C(=N\NCC(=O)N1c2ccccc2Sc2ccccc21)c1ccccc1Cl. The zero-order valence-corrected chi connectivity index (χ0v) is 16.8. The van der Waals surface area contributed by atoms with Gasteiger partial charge in [-0.3, -0.25) is 9.69 Å². The average Bonchev–Trinajstić information content (AvgIpc) is 2.72. The second kappa shape index (κ2) is 8.09. The number of benzene rings is 3. The molecule has 0 radical (unpaired) electrons. The zero-order chi connectivity index (χ0) is 19.5. The number of hydrogen-bond acceptors (Lipinski definition) is 4. The number of hydrogen-bond donors (Lipinski definition) is 1. The molecular weight excluding hydrogens is 390 g/mol. The molecule has 0 aliphatic carbocycles. The van der Waals surface area contributed by atoms with Crippen LogP contribution in [0, 0.1) is 0 Å². The topological polar surface area (TPSA) is 44.7 Å². The third-order valence-electron chi connectivity index (χ3n) is 4.42. The van der Waals surface area contributed by atoms with Gasteiger partial charge in [0.05, 0.1) is 17.1 Å². The summed E-state index contributed by atoms with van der Waals surface area (Å²) in [4.78, 5) is 16.9. The van der Waals surface area contributed by atoms with Gasteiger partial charge >= 0.3 is 0 Å². The van der Waals surface area contributed by atoms with Crippen LogP contribution in [0.2, 0.25) is 5.02 Å². The Labute approximate surface area is 173 Å². The molecule has 4 nitrogen and oxygen atoms in total. The Morgan fingerprint density at radius 2 is 1.54 bits per heavy atom. The number of nitrogens with zero attached hydrogens (tertiary/aromatic N) is 2. The van der Waals surface area contributed by atoms with Crippen molar-refractivity contribution >= 4 is 46.4 Å². The maximum absolute atomic E-state index is 13.1. The van der Waals surface area contributed by atoms with Crippen molar-refractivity contribution in [2.45, 2.75) is 16.7 Å². The van der Waals surface area contributed by atoms with E-state index in [1.807, 2.05) is 79.7 Å². The van der Waals surface area contributed by atoms with Crippen molar-refractivity contribution in [1.82, 2.24) is 5.43 Å². The lowest BCUT2D eigenvalue weighted by molar-refractivity contribution is -0.117. The second-order valence-corrected chi connectivity index (χ2v) is 7.77. The van der Waals surface area contributed by atoms with Gasteiger partial charge in [0.2, 0.25) is 0 Å². The highest BCUT2D eigenvalue weighted by Gasteiger charge is 2.27. The van der Waals surface area contributed by atoms with Crippen molar-refractivity contribution in [3.05, 3.63) is 83.4 Å². The van der Waals surface area contributed by atoms with Gasteiger partial charge in [0.1, 0.15) is 6.54 Å². The highest BCUT2D eigenvalue weighted by molar-refractivity contribution is 7.99. The van der Waals surface area contributed by atoms with Crippen LogP contribution in [0.1, 0.15) is 12.5 Å². The molecule has 140 valence electrons. The number of nitrogens with one attached hydrogen (secondary N) is 1. The van der Waals surface area contributed by atoms with Crippen LogP contribution in [0.15, 0.2) is 87.7 Å². The fraction of sp³-hybridized carbons (Fsp3) is 0.0909. The maximum Gasteiger partial charge on any atom is 0.252 e. The van der Waals surface area contributed by atoms with Gasteiger partial charge in [0.25, 0.3) is 5.91 Å². The van der Waals surface area contributed by atoms with Crippen LogP contribution in [0.3, 0.4) is 0 Å². The fourth-order valence-electron chi connectivity index (χ4n) is 3.09. The van der Waals surface area contributed by atoms with Gasteiger partial charge in [-0.1, -0.05) is 65.8 Å². The summed E-state index contributed by atoms with van der Waals surface area (Å²) in [6.07, 6.45) is 0. The van der Waals surface area contributed by atoms with E-state index in [9.17, 15) is 4.79 Å². The summed E-state index contributed by atoms with van der Waals surface area (Å²) >= 11 is 7.88. The molecule has 0 bridgehead atoms. The molecule has 1 aliphatic heterocycles. The first-order valence-electron chi connectivity index (χ1n) is 8.86. The lowest BCUT2D eigenvalue weighted by atomic mass is 10.1. The summed E-state index contributed by atoms with van der Waals surface area (Å²) in [5.41, 5.74) is 6.26. The molecular formula is C22H18ClN3OS. The molecule has 6 heteroatoms. The molecule has 3 aromatic rings. The first kappa shape index (κ1) is 18.6. The number of halogens is 1. The molecule has 1 heterocycles. The average molecular weight is 408 g/mol. The van der Waals surface area contributed by atoms with Crippen LogP contribution >= 0.6 is 23.4 Å². The molecule has 1 N–H and O–H groups in total. The van der Waals surface area contributed by atoms with E-state index in [0.717, 1.165) is 32.4 Å². The molecule has 3 aromatic carbocycles. The zero-order valence-electron chi connectivity index (χ0n) is 15.2. The Kier molecular flexibility index (Phi) is 5.37. The minimum absolute atomic E-state index is 0.0732. The highest BCUT2D eigenvalue weighted by Crippen LogP contribution is 2.47. The maximum atomic E-state index is 13.1. The Morgan fingerprint density at radius 3 is 2.18 bits per heavy atom. The van der Waals surface area contributed by atoms with Gasteiger partial charge in [0, 0.05) is 20.4 Å². The van der Waals surface area contributed by atoms with E-state index in [-0.39, 0.29) is 12.5 Å². The Hall–Kier alpha value is -2.76. The van der Waals surface area contributed by atoms with E-state index < -0.39 is 0 Å². The number of para-hydroxylation sites is 2. The molecule has 0 aromatic heterocycles. The van der Waals surface area contributed by atoms with Crippen LogP contribution in [0.4, 0.5) is 11.4 Å². The predicted molar refractivity (Wildman–Crippen MR) is 116 cm³/mol. The van der Waals surface area contributed by atoms with E-state index in [1.165, 1.54) is 0 Å². The first-order chi connectivity index (χ1) is 13.6. The van der Waals surface area contributed by atoms with E-state index in [1.54, 1.807) is 16.7 Å². The van der Waals surface area contributed by atoms with Gasteiger partial charge in [0.15, 0.2) is 0 Å². The number of amides is 1. The van der Waals surface area contributed by atoms with E-state index in [4.69, 9.17) is 11.6 Å². The lowest BCUT2D eigenvalue weighted by Crippen LogP contribution is -2.35. The van der Waals surface area contributed by atoms with Crippen LogP contribution < -0.4 is 10.3 Å². The van der Waals surface area contributed by atoms with Crippen molar-refractivity contribution in [3.63, 3.8) is 0 Å². The third kappa shape index (κ3) is 3.63. The number of rotatable bonds is 4. The van der Waals surface area contributed by atoms with E-state index in [0.29, 0.717) is 5.02 Å². The monoisotopic (exact) mass is 407 g/mol. The Balaban J connectivity index is 1.56. The Morgan fingerprint density at radius 1 is 0.964 bits per heavy atom. The van der Waals surface area contributed by atoms with Gasteiger partial charge in [-0.05, 0) is 37.3 Å². The van der Waals surface area contributed by atoms with Crippen LogP contribution in [0.25, 0.3) is 0 Å². The summed E-state index contributed by atoms with van der Waals surface area (Å²) < 4.78 is 0. The van der Waals surface area contributed by atoms with Crippen molar-refractivity contribution in [3.8, 4) is 0 Å².